The Morgan fingerprint density at radius 3 is 1.31 bits per heavy atom. The van der Waals surface area contributed by atoms with Gasteiger partial charge in [0.05, 0.1) is 30.2 Å². The molecule has 0 saturated carbocycles. The molecule has 0 atom stereocenters. The zero-order chi connectivity index (χ0) is 19.7. The molecule has 0 radical (unpaired) electrons. The number of carboxylic acids is 1. The number of aromatic carboxylic acids is 1. The summed E-state index contributed by atoms with van der Waals surface area (Å²) in [5.74, 6) is -0.879. The lowest BCUT2D eigenvalue weighted by molar-refractivity contribution is 0.0697. The van der Waals surface area contributed by atoms with Gasteiger partial charge >= 0.3 is 5.97 Å². The smallest absolute Gasteiger partial charge is 0.335 e. The first-order valence-corrected chi connectivity index (χ1v) is 13.2. The van der Waals surface area contributed by atoms with Crippen molar-refractivity contribution in [3.05, 3.63) is 35.9 Å². The van der Waals surface area contributed by atoms with E-state index in [1.807, 2.05) is 0 Å². The third kappa shape index (κ3) is 11.7. The summed E-state index contributed by atoms with van der Waals surface area (Å²) in [5.41, 5.74) is 0.331. The van der Waals surface area contributed by atoms with Crippen LogP contribution in [0.2, 0.25) is 0 Å². The molecule has 0 unspecified atom stereocenters. The summed E-state index contributed by atoms with van der Waals surface area (Å²) in [4.78, 5) is 10.2. The highest BCUT2D eigenvalue weighted by Gasteiger charge is 2.34. The minimum Gasteiger partial charge on any atom is -0.478 e. The second-order valence-electron chi connectivity index (χ2n) is 7.32. The van der Waals surface area contributed by atoms with Gasteiger partial charge in [-0.05, 0) is 37.8 Å². The van der Waals surface area contributed by atoms with E-state index in [0.29, 0.717) is 5.56 Å². The van der Waals surface area contributed by atoms with Gasteiger partial charge in [-0.2, -0.15) is 0 Å². The van der Waals surface area contributed by atoms with Gasteiger partial charge in [-0.15, -0.1) is 0 Å². The van der Waals surface area contributed by atoms with Crippen molar-refractivity contribution in [1.29, 1.82) is 0 Å². The molecular formula is C23H42O2P+. The number of carbonyl (C=O) groups is 1. The minimum absolute atomic E-state index is 0.331. The highest BCUT2D eigenvalue weighted by atomic mass is 31.2. The Morgan fingerprint density at radius 1 is 0.731 bits per heavy atom. The molecule has 2 nitrogen and oxygen atoms in total. The normalized spacial score (nSPS) is 10.9. The van der Waals surface area contributed by atoms with Gasteiger partial charge in [0.2, 0.25) is 0 Å². The average molecular weight is 382 g/mol. The first-order valence-electron chi connectivity index (χ1n) is 10.7. The maximum Gasteiger partial charge on any atom is 0.335 e. The summed E-state index contributed by atoms with van der Waals surface area (Å²) in [6, 6.07) is 8.30. The molecule has 0 saturated heterocycles. The number of hydrogen-bond donors (Lipinski definition) is 1. The average Bonchev–Trinajstić information content (AvgIpc) is 2.68. The Balaban J connectivity index is 0.000000577. The van der Waals surface area contributed by atoms with Gasteiger partial charge < -0.3 is 5.11 Å². The summed E-state index contributed by atoms with van der Waals surface area (Å²) in [6.45, 7) is 9.42. The molecule has 0 aliphatic heterocycles. The number of unbranched alkanes of at least 4 members (excludes halogenated alkanes) is 4. The Kier molecular flexibility index (Phi) is 15.8. The van der Waals surface area contributed by atoms with Crippen molar-refractivity contribution in [3.63, 3.8) is 0 Å². The molecule has 0 amide bonds. The number of rotatable bonds is 13. The van der Waals surface area contributed by atoms with E-state index in [-0.39, 0.29) is 0 Å². The molecule has 0 spiro atoms. The summed E-state index contributed by atoms with van der Waals surface area (Å²) in [7, 11) is -0.562. The molecule has 0 aliphatic carbocycles. The van der Waals surface area contributed by atoms with Crippen molar-refractivity contribution in [2.75, 3.05) is 24.6 Å². The molecule has 26 heavy (non-hydrogen) atoms. The molecule has 3 heteroatoms. The van der Waals surface area contributed by atoms with Gasteiger partial charge in [-0.25, -0.2) is 4.79 Å². The van der Waals surface area contributed by atoms with E-state index in [1.54, 1.807) is 55.0 Å². The Labute approximate surface area is 163 Å². The van der Waals surface area contributed by atoms with E-state index in [1.165, 1.54) is 51.4 Å². The van der Waals surface area contributed by atoms with E-state index in [4.69, 9.17) is 5.11 Å². The molecule has 1 rings (SSSR count). The monoisotopic (exact) mass is 381 g/mol. The lowest BCUT2D eigenvalue weighted by Gasteiger charge is -2.28. The molecule has 0 aliphatic rings. The molecule has 0 fully saturated rings. The molecule has 150 valence electrons. The standard InChI is InChI=1S/C16H36P.C7H6O2/c1-5-9-13-17(14-10-6-2,15-11-7-3)16-12-8-4;8-7(9)6-4-2-1-3-5-6/h5-16H2,1-4H3;1-5H,(H,8,9)/q+1;. The fourth-order valence-corrected chi connectivity index (χ4v) is 8.52. The molecule has 0 aromatic heterocycles. The third-order valence-corrected chi connectivity index (χ3v) is 10.0. The SMILES string of the molecule is CCCC[P+](CCCC)(CCCC)CCCC.O=C(O)c1ccccc1. The Morgan fingerprint density at radius 2 is 1.08 bits per heavy atom. The van der Waals surface area contributed by atoms with Crippen molar-refractivity contribution >= 4 is 13.2 Å². The van der Waals surface area contributed by atoms with Crippen LogP contribution in [-0.2, 0) is 0 Å². The summed E-state index contributed by atoms with van der Waals surface area (Å²) < 4.78 is 0. The van der Waals surface area contributed by atoms with Gasteiger partial charge in [0.1, 0.15) is 0 Å². The largest absolute Gasteiger partial charge is 0.478 e. The van der Waals surface area contributed by atoms with Gasteiger partial charge in [-0.3, -0.25) is 0 Å². The molecule has 1 N–H and O–H groups in total. The first kappa shape index (κ1) is 25.1. The van der Waals surface area contributed by atoms with Crippen LogP contribution < -0.4 is 0 Å². The van der Waals surface area contributed by atoms with Crippen LogP contribution >= 0.6 is 7.26 Å². The number of carboxylic acid groups (broad SMARTS) is 1. The molecular weight excluding hydrogens is 339 g/mol. The predicted molar refractivity (Wildman–Crippen MR) is 119 cm³/mol. The van der Waals surface area contributed by atoms with Gasteiger partial charge in [0, 0.05) is 7.26 Å². The van der Waals surface area contributed by atoms with E-state index >= 15 is 0 Å². The van der Waals surface area contributed by atoms with Crippen LogP contribution in [0, 0.1) is 0 Å². The van der Waals surface area contributed by atoms with Crippen molar-refractivity contribution in [2.24, 2.45) is 0 Å². The minimum atomic E-state index is -0.879. The highest BCUT2D eigenvalue weighted by molar-refractivity contribution is 7.75. The highest BCUT2D eigenvalue weighted by Crippen LogP contribution is 2.61. The van der Waals surface area contributed by atoms with E-state index < -0.39 is 13.2 Å². The predicted octanol–water partition coefficient (Wildman–Crippen LogP) is 7.59. The number of benzene rings is 1. The summed E-state index contributed by atoms with van der Waals surface area (Å²) in [5, 5.41) is 8.38. The van der Waals surface area contributed by atoms with Crippen molar-refractivity contribution in [3.8, 4) is 0 Å². The molecule has 0 bridgehead atoms. The Bertz CT molecular complexity index is 407. The zero-order valence-corrected chi connectivity index (χ0v) is 18.6. The van der Waals surface area contributed by atoms with Crippen LogP contribution in [-0.4, -0.2) is 35.7 Å². The van der Waals surface area contributed by atoms with Crippen molar-refractivity contribution in [1.82, 2.24) is 0 Å². The summed E-state index contributed by atoms with van der Waals surface area (Å²) >= 11 is 0. The Hall–Kier alpha value is -0.880. The van der Waals surface area contributed by atoms with Gasteiger partial charge in [0.25, 0.3) is 0 Å². The quantitative estimate of drug-likeness (QED) is 0.357. The van der Waals surface area contributed by atoms with Crippen molar-refractivity contribution in [2.45, 2.75) is 79.1 Å². The molecule has 1 aromatic rings. The van der Waals surface area contributed by atoms with E-state index in [0.717, 1.165) is 0 Å². The lowest BCUT2D eigenvalue weighted by Crippen LogP contribution is -2.12. The van der Waals surface area contributed by atoms with Crippen molar-refractivity contribution < 1.29 is 9.90 Å². The number of hydrogen-bond acceptors (Lipinski definition) is 1. The van der Waals surface area contributed by atoms with Crippen LogP contribution in [0.1, 0.15) is 89.4 Å². The topological polar surface area (TPSA) is 37.3 Å². The maximum absolute atomic E-state index is 10.2. The maximum atomic E-state index is 10.2. The fourth-order valence-electron chi connectivity index (χ4n) is 3.23. The van der Waals surface area contributed by atoms with Crippen LogP contribution in [0.5, 0.6) is 0 Å². The van der Waals surface area contributed by atoms with Gasteiger partial charge in [0.15, 0.2) is 0 Å². The third-order valence-electron chi connectivity index (χ3n) is 4.96. The molecule has 0 heterocycles. The van der Waals surface area contributed by atoms with E-state index in [2.05, 4.69) is 27.7 Å². The van der Waals surface area contributed by atoms with Crippen LogP contribution in [0.4, 0.5) is 0 Å². The van der Waals surface area contributed by atoms with Gasteiger partial charge in [-0.1, -0.05) is 71.6 Å². The van der Waals surface area contributed by atoms with Crippen LogP contribution in [0.3, 0.4) is 0 Å². The lowest BCUT2D eigenvalue weighted by atomic mass is 10.2. The van der Waals surface area contributed by atoms with Crippen LogP contribution in [0.25, 0.3) is 0 Å². The molecule has 1 aromatic carbocycles. The summed E-state index contributed by atoms with van der Waals surface area (Å²) in [6.07, 6.45) is 17.9. The first-order chi connectivity index (χ1) is 12.5. The fraction of sp³-hybridized carbons (Fsp3) is 0.696. The zero-order valence-electron chi connectivity index (χ0n) is 17.7. The second-order valence-corrected chi connectivity index (χ2v) is 11.8. The second kappa shape index (κ2) is 16.3. The van der Waals surface area contributed by atoms with Crippen LogP contribution in [0.15, 0.2) is 30.3 Å². The van der Waals surface area contributed by atoms with E-state index in [9.17, 15) is 4.79 Å².